The van der Waals surface area contributed by atoms with Crippen molar-refractivity contribution in [3.05, 3.63) is 94.0 Å². The maximum atomic E-state index is 6.25. The highest BCUT2D eigenvalue weighted by Gasteiger charge is 2.25. The zero-order valence-electron chi connectivity index (χ0n) is 30.4. The van der Waals surface area contributed by atoms with E-state index in [0.717, 1.165) is 24.0 Å². The van der Waals surface area contributed by atoms with Gasteiger partial charge in [-0.05, 0) is 105 Å². The van der Waals surface area contributed by atoms with Crippen LogP contribution in [0.4, 0.5) is 0 Å². The SMILES string of the molecule is COc1cc(C(Cc2cccc3c2c(CC(OC)c2cc(OC)c(OC)c(OC)c2)cc2c4c(ccc23)CCCC4)OC)cc(OC)c1OC. The van der Waals surface area contributed by atoms with Gasteiger partial charge in [0.25, 0.3) is 0 Å². The van der Waals surface area contributed by atoms with Crippen LogP contribution in [-0.2, 0) is 35.2 Å². The summed E-state index contributed by atoms with van der Waals surface area (Å²) in [4.78, 5) is 0. The molecule has 0 aliphatic heterocycles. The van der Waals surface area contributed by atoms with Gasteiger partial charge >= 0.3 is 0 Å². The molecule has 1 aliphatic carbocycles. The van der Waals surface area contributed by atoms with Crippen molar-refractivity contribution in [1.29, 1.82) is 0 Å². The standard InChI is InChI=1S/C42H48O8/c1-43-34(27-20-36(45-3)41(49-7)37(21-27)46-4)19-26-13-11-15-32-31-17-16-25-12-9-10-14-30(25)33(31)18-29(40(26)32)24-35(44-2)28-22-38(47-5)42(50-8)39(23-28)48-6/h11,13,15-18,20-23,34-35H,9-10,12,14,19,24H2,1-8H3. The molecule has 0 N–H and O–H groups in total. The summed E-state index contributed by atoms with van der Waals surface area (Å²) in [5.41, 5.74) is 7.19. The molecule has 0 saturated heterocycles. The molecule has 0 saturated carbocycles. The van der Waals surface area contributed by atoms with Crippen molar-refractivity contribution in [2.75, 3.05) is 56.9 Å². The lowest BCUT2D eigenvalue weighted by atomic mass is 9.83. The molecule has 8 nitrogen and oxygen atoms in total. The summed E-state index contributed by atoms with van der Waals surface area (Å²) in [6, 6.07) is 21.6. The molecule has 8 heteroatoms. The largest absolute Gasteiger partial charge is 0.493 e. The third-order valence-electron chi connectivity index (χ3n) is 10.2. The van der Waals surface area contributed by atoms with Gasteiger partial charge in [0, 0.05) is 27.1 Å². The molecule has 0 spiro atoms. The second-order valence-corrected chi connectivity index (χ2v) is 12.7. The minimum Gasteiger partial charge on any atom is -0.493 e. The number of rotatable bonds is 14. The molecular weight excluding hydrogens is 632 g/mol. The maximum absolute atomic E-state index is 6.25. The highest BCUT2D eigenvalue weighted by molar-refractivity contribution is 6.11. The smallest absolute Gasteiger partial charge is 0.203 e. The fourth-order valence-electron chi connectivity index (χ4n) is 7.69. The molecule has 2 unspecified atom stereocenters. The summed E-state index contributed by atoms with van der Waals surface area (Å²) in [6.45, 7) is 0. The first-order valence-electron chi connectivity index (χ1n) is 17.1. The second kappa shape index (κ2) is 15.5. The number of fused-ring (bicyclic) bond motifs is 5. The molecule has 50 heavy (non-hydrogen) atoms. The Morgan fingerprint density at radius 2 is 1.02 bits per heavy atom. The van der Waals surface area contributed by atoms with Gasteiger partial charge in [-0.15, -0.1) is 0 Å². The zero-order valence-corrected chi connectivity index (χ0v) is 30.4. The van der Waals surface area contributed by atoms with Crippen LogP contribution in [0.5, 0.6) is 34.5 Å². The van der Waals surface area contributed by atoms with Crippen LogP contribution in [0.25, 0.3) is 21.5 Å². The summed E-state index contributed by atoms with van der Waals surface area (Å²) in [6.07, 6.45) is 5.33. The third kappa shape index (κ3) is 6.50. The predicted molar refractivity (Wildman–Crippen MR) is 197 cm³/mol. The Hall–Kier alpha value is -4.66. The Kier molecular flexibility index (Phi) is 10.9. The molecule has 264 valence electrons. The van der Waals surface area contributed by atoms with Crippen molar-refractivity contribution in [3.63, 3.8) is 0 Å². The van der Waals surface area contributed by atoms with E-state index in [0.29, 0.717) is 47.3 Å². The van der Waals surface area contributed by atoms with Gasteiger partial charge in [-0.25, -0.2) is 0 Å². The van der Waals surface area contributed by atoms with Crippen LogP contribution in [0, 0.1) is 0 Å². The molecule has 0 amide bonds. The number of methoxy groups -OCH3 is 8. The molecule has 0 bridgehead atoms. The normalized spacial score (nSPS) is 13.8. The van der Waals surface area contributed by atoms with Gasteiger partial charge in [-0.2, -0.15) is 0 Å². The van der Waals surface area contributed by atoms with E-state index in [1.807, 2.05) is 24.3 Å². The number of aryl methyl sites for hydroxylation is 2. The maximum Gasteiger partial charge on any atom is 0.203 e. The molecule has 5 aromatic rings. The van der Waals surface area contributed by atoms with Crippen LogP contribution in [-0.4, -0.2) is 56.9 Å². The van der Waals surface area contributed by atoms with Gasteiger partial charge in [-0.3, -0.25) is 0 Å². The molecule has 2 atom stereocenters. The fourth-order valence-corrected chi connectivity index (χ4v) is 7.69. The molecule has 0 fully saturated rings. The molecule has 0 heterocycles. The quantitative estimate of drug-likeness (QED) is 0.108. The fraction of sp³-hybridized carbons (Fsp3) is 0.381. The van der Waals surface area contributed by atoms with E-state index in [9.17, 15) is 0 Å². The number of benzene rings is 5. The summed E-state index contributed by atoms with van der Waals surface area (Å²) >= 11 is 0. The lowest BCUT2D eigenvalue weighted by Crippen LogP contribution is -2.11. The van der Waals surface area contributed by atoms with Crippen LogP contribution in [0.1, 0.15) is 58.4 Å². The molecule has 0 radical (unpaired) electrons. The monoisotopic (exact) mass is 680 g/mol. The number of ether oxygens (including phenoxy) is 8. The van der Waals surface area contributed by atoms with E-state index in [1.165, 1.54) is 56.6 Å². The van der Waals surface area contributed by atoms with Gasteiger partial charge in [0.05, 0.1) is 54.9 Å². The van der Waals surface area contributed by atoms with Crippen LogP contribution < -0.4 is 28.4 Å². The highest BCUT2D eigenvalue weighted by atomic mass is 16.5. The van der Waals surface area contributed by atoms with Crippen molar-refractivity contribution in [2.45, 2.75) is 50.7 Å². The van der Waals surface area contributed by atoms with Gasteiger partial charge in [0.15, 0.2) is 23.0 Å². The van der Waals surface area contributed by atoms with E-state index in [2.05, 4.69) is 36.4 Å². The van der Waals surface area contributed by atoms with Gasteiger partial charge < -0.3 is 37.9 Å². The Bertz CT molecular complexity index is 1930. The van der Waals surface area contributed by atoms with Crippen molar-refractivity contribution in [3.8, 4) is 34.5 Å². The Balaban J connectivity index is 1.53. The molecular formula is C42H48O8. The van der Waals surface area contributed by atoms with E-state index in [-0.39, 0.29) is 12.2 Å². The van der Waals surface area contributed by atoms with Gasteiger partial charge in [-0.1, -0.05) is 36.4 Å². The van der Waals surface area contributed by atoms with Crippen LogP contribution in [0.2, 0.25) is 0 Å². The topological polar surface area (TPSA) is 73.8 Å². The van der Waals surface area contributed by atoms with E-state index >= 15 is 0 Å². The first kappa shape index (κ1) is 35.2. The van der Waals surface area contributed by atoms with Crippen molar-refractivity contribution >= 4 is 21.5 Å². The highest BCUT2D eigenvalue weighted by Crippen LogP contribution is 2.44. The molecule has 0 aromatic heterocycles. The Labute approximate surface area is 295 Å². The summed E-state index contributed by atoms with van der Waals surface area (Å²) in [7, 11) is 13.2. The lowest BCUT2D eigenvalue weighted by Gasteiger charge is -2.25. The Morgan fingerprint density at radius 3 is 1.52 bits per heavy atom. The van der Waals surface area contributed by atoms with Crippen molar-refractivity contribution in [2.24, 2.45) is 0 Å². The molecule has 5 aromatic carbocycles. The van der Waals surface area contributed by atoms with E-state index in [1.54, 1.807) is 56.9 Å². The zero-order chi connectivity index (χ0) is 35.4. The third-order valence-corrected chi connectivity index (χ3v) is 10.2. The van der Waals surface area contributed by atoms with E-state index in [4.69, 9.17) is 37.9 Å². The van der Waals surface area contributed by atoms with E-state index < -0.39 is 0 Å². The Morgan fingerprint density at radius 1 is 0.500 bits per heavy atom. The molecule has 1 aliphatic rings. The summed E-state index contributed by atoms with van der Waals surface area (Å²) in [5.74, 6) is 3.47. The van der Waals surface area contributed by atoms with Crippen LogP contribution in [0.3, 0.4) is 0 Å². The van der Waals surface area contributed by atoms with Crippen LogP contribution in [0.15, 0.2) is 60.7 Å². The van der Waals surface area contributed by atoms with Crippen LogP contribution >= 0.6 is 0 Å². The average molecular weight is 681 g/mol. The number of hydrogen-bond acceptors (Lipinski definition) is 8. The first-order chi connectivity index (χ1) is 24.4. The second-order valence-electron chi connectivity index (χ2n) is 12.7. The lowest BCUT2D eigenvalue weighted by molar-refractivity contribution is 0.102. The summed E-state index contributed by atoms with van der Waals surface area (Å²) < 4.78 is 46.5. The summed E-state index contributed by atoms with van der Waals surface area (Å²) in [5, 5.41) is 5.03. The minimum atomic E-state index is -0.287. The average Bonchev–Trinajstić information content (AvgIpc) is 3.17. The number of hydrogen-bond donors (Lipinski definition) is 0. The minimum absolute atomic E-state index is 0.283. The molecule has 6 rings (SSSR count). The predicted octanol–water partition coefficient (Wildman–Crippen LogP) is 8.78. The van der Waals surface area contributed by atoms with Crippen molar-refractivity contribution in [1.82, 2.24) is 0 Å². The van der Waals surface area contributed by atoms with Crippen molar-refractivity contribution < 1.29 is 37.9 Å². The van der Waals surface area contributed by atoms with Gasteiger partial charge in [0.2, 0.25) is 11.5 Å². The first-order valence-corrected chi connectivity index (χ1v) is 17.1. The van der Waals surface area contributed by atoms with Gasteiger partial charge in [0.1, 0.15) is 0 Å².